The Bertz CT molecular complexity index is 1130. The number of aliphatic hydroxyl groups excluding tert-OH is 1. The second-order valence-electron chi connectivity index (χ2n) is 6.44. The van der Waals surface area contributed by atoms with Crippen molar-refractivity contribution in [1.29, 1.82) is 0 Å². The van der Waals surface area contributed by atoms with Crippen LogP contribution in [0.2, 0.25) is 0 Å². The fourth-order valence-corrected chi connectivity index (χ4v) is 2.89. The van der Waals surface area contributed by atoms with Crippen LogP contribution in [0.5, 0.6) is 0 Å². The van der Waals surface area contributed by atoms with E-state index in [9.17, 15) is 8.78 Å². The van der Waals surface area contributed by atoms with Crippen LogP contribution in [0, 0.1) is 11.6 Å². The molecule has 10 heteroatoms. The molecule has 0 saturated heterocycles. The van der Waals surface area contributed by atoms with Crippen LogP contribution in [0.4, 0.5) is 14.6 Å². The number of halogens is 2. The summed E-state index contributed by atoms with van der Waals surface area (Å²) in [5.41, 5.74) is 1.90. The molecule has 30 heavy (non-hydrogen) atoms. The predicted octanol–water partition coefficient (Wildman–Crippen LogP) is 3.12. The van der Waals surface area contributed by atoms with Crippen LogP contribution in [-0.4, -0.2) is 43.2 Å². The van der Waals surface area contributed by atoms with Gasteiger partial charge in [-0.1, -0.05) is 23.4 Å². The Morgan fingerprint density at radius 3 is 2.73 bits per heavy atom. The third-order valence-corrected chi connectivity index (χ3v) is 4.36. The van der Waals surface area contributed by atoms with E-state index in [1.54, 1.807) is 35.0 Å². The van der Waals surface area contributed by atoms with Crippen molar-refractivity contribution in [3.05, 3.63) is 66.1 Å². The molecular formula is C20H18F2N6O2. The molecule has 4 rings (SSSR count). The number of hydrogen-bond acceptors (Lipinski definition) is 7. The smallest absolute Gasteiger partial charge is 0.183 e. The highest BCUT2D eigenvalue weighted by Gasteiger charge is 2.18. The third kappa shape index (κ3) is 4.18. The van der Waals surface area contributed by atoms with Gasteiger partial charge in [0.25, 0.3) is 0 Å². The zero-order chi connectivity index (χ0) is 20.9. The number of benzene rings is 1. The largest absolute Gasteiger partial charge is 0.396 e. The summed E-state index contributed by atoms with van der Waals surface area (Å²) in [7, 11) is 0. The van der Waals surface area contributed by atoms with Crippen molar-refractivity contribution in [2.75, 3.05) is 18.5 Å². The van der Waals surface area contributed by atoms with Crippen LogP contribution in [0.25, 0.3) is 22.9 Å². The lowest BCUT2D eigenvalue weighted by Gasteiger charge is -2.07. The van der Waals surface area contributed by atoms with Gasteiger partial charge in [0.2, 0.25) is 0 Å². The fourth-order valence-electron chi connectivity index (χ4n) is 2.89. The molecule has 0 aliphatic heterocycles. The summed E-state index contributed by atoms with van der Waals surface area (Å²) in [6, 6.07) is 9.74. The van der Waals surface area contributed by atoms with Gasteiger partial charge >= 0.3 is 0 Å². The van der Waals surface area contributed by atoms with Crippen molar-refractivity contribution in [1.82, 2.24) is 24.9 Å². The van der Waals surface area contributed by atoms with Crippen molar-refractivity contribution in [2.45, 2.75) is 13.0 Å². The van der Waals surface area contributed by atoms with E-state index >= 15 is 0 Å². The monoisotopic (exact) mass is 412 g/mol. The first-order valence-electron chi connectivity index (χ1n) is 9.25. The first-order chi connectivity index (χ1) is 14.7. The summed E-state index contributed by atoms with van der Waals surface area (Å²) >= 11 is 0. The molecule has 4 aromatic rings. The van der Waals surface area contributed by atoms with Crippen LogP contribution < -0.4 is 5.32 Å². The summed E-state index contributed by atoms with van der Waals surface area (Å²) < 4.78 is 34.7. The highest BCUT2D eigenvalue weighted by Crippen LogP contribution is 2.25. The van der Waals surface area contributed by atoms with Crippen LogP contribution in [0.15, 0.2) is 53.4 Å². The van der Waals surface area contributed by atoms with E-state index in [0.717, 1.165) is 6.20 Å². The molecule has 3 aromatic heterocycles. The van der Waals surface area contributed by atoms with Crippen LogP contribution in [0.3, 0.4) is 0 Å². The van der Waals surface area contributed by atoms with Crippen LogP contribution in [-0.2, 0) is 6.54 Å². The summed E-state index contributed by atoms with van der Waals surface area (Å²) in [4.78, 5) is 8.23. The number of anilines is 1. The Kier molecular flexibility index (Phi) is 5.75. The van der Waals surface area contributed by atoms with E-state index < -0.39 is 5.82 Å². The average Bonchev–Trinajstić information content (AvgIpc) is 3.41. The van der Waals surface area contributed by atoms with Crippen LogP contribution in [0.1, 0.15) is 12.0 Å². The molecule has 0 saturated carbocycles. The predicted molar refractivity (Wildman–Crippen MR) is 104 cm³/mol. The van der Waals surface area contributed by atoms with Crippen LogP contribution >= 0.6 is 0 Å². The molecule has 0 bridgehead atoms. The van der Waals surface area contributed by atoms with Gasteiger partial charge in [-0.05, 0) is 18.6 Å². The quantitative estimate of drug-likeness (QED) is 0.429. The van der Waals surface area contributed by atoms with E-state index in [2.05, 4.69) is 25.5 Å². The number of aromatic nitrogens is 5. The van der Waals surface area contributed by atoms with Gasteiger partial charge in [0.05, 0.1) is 18.4 Å². The molecule has 154 valence electrons. The molecule has 0 aliphatic carbocycles. The highest BCUT2D eigenvalue weighted by molar-refractivity contribution is 5.63. The van der Waals surface area contributed by atoms with Gasteiger partial charge in [-0.3, -0.25) is 4.68 Å². The van der Waals surface area contributed by atoms with E-state index in [1.165, 1.54) is 12.3 Å². The maximum atomic E-state index is 14.2. The number of aliphatic hydroxyl groups is 1. The molecule has 8 nitrogen and oxygen atoms in total. The maximum absolute atomic E-state index is 14.2. The minimum absolute atomic E-state index is 0.0140. The third-order valence-electron chi connectivity index (χ3n) is 4.36. The van der Waals surface area contributed by atoms with Gasteiger partial charge in [0.1, 0.15) is 23.5 Å². The summed E-state index contributed by atoms with van der Waals surface area (Å²) in [5.74, 6) is -0.756. The Labute approximate surface area is 170 Å². The Morgan fingerprint density at radius 2 is 1.97 bits per heavy atom. The van der Waals surface area contributed by atoms with Gasteiger partial charge in [-0.2, -0.15) is 5.10 Å². The van der Waals surface area contributed by atoms with E-state index in [1.807, 2.05) is 0 Å². The maximum Gasteiger partial charge on any atom is 0.183 e. The van der Waals surface area contributed by atoms with Crippen molar-refractivity contribution in [3.63, 3.8) is 0 Å². The lowest BCUT2D eigenvalue weighted by molar-refractivity contribution is 0.292. The molecule has 3 heterocycles. The van der Waals surface area contributed by atoms with Gasteiger partial charge < -0.3 is 14.9 Å². The first kappa shape index (κ1) is 19.6. The Hall–Kier alpha value is -3.66. The van der Waals surface area contributed by atoms with Crippen molar-refractivity contribution >= 4 is 5.82 Å². The second kappa shape index (κ2) is 8.78. The van der Waals surface area contributed by atoms with Gasteiger partial charge in [0.15, 0.2) is 17.5 Å². The number of hydrogen-bond donors (Lipinski definition) is 2. The zero-order valence-electron chi connectivity index (χ0n) is 15.8. The fraction of sp³-hybridized carbons (Fsp3) is 0.200. The molecule has 0 amide bonds. The standard InChI is InChI=1S/C20H18F2N6O2/c21-14-5-2-1-4-13(14)12-28-18(16-6-9-30-27-16)10-17(26-28)20-24-11-15(22)19(25-20)23-7-3-8-29/h1-2,4-6,9-11,29H,3,7-8,12H2,(H,23,24,25). The lowest BCUT2D eigenvalue weighted by atomic mass is 10.2. The second-order valence-corrected chi connectivity index (χ2v) is 6.44. The average molecular weight is 412 g/mol. The molecule has 2 N–H and O–H groups in total. The van der Waals surface area contributed by atoms with Crippen molar-refractivity contribution < 1.29 is 18.4 Å². The Morgan fingerprint density at radius 1 is 1.10 bits per heavy atom. The van der Waals surface area contributed by atoms with Gasteiger partial charge in [0, 0.05) is 24.8 Å². The van der Waals surface area contributed by atoms with Crippen molar-refractivity contribution in [2.24, 2.45) is 0 Å². The minimum atomic E-state index is -0.612. The molecule has 0 aliphatic rings. The lowest BCUT2D eigenvalue weighted by Crippen LogP contribution is -2.08. The first-order valence-corrected chi connectivity index (χ1v) is 9.25. The highest BCUT2D eigenvalue weighted by atomic mass is 19.1. The summed E-state index contributed by atoms with van der Waals surface area (Å²) in [6.45, 7) is 0.488. The van der Waals surface area contributed by atoms with Crippen molar-refractivity contribution in [3.8, 4) is 22.9 Å². The van der Waals surface area contributed by atoms with E-state index in [4.69, 9.17) is 9.63 Å². The van der Waals surface area contributed by atoms with Gasteiger partial charge in [-0.25, -0.2) is 18.7 Å². The minimum Gasteiger partial charge on any atom is -0.396 e. The number of rotatable bonds is 8. The SMILES string of the molecule is OCCCNc1nc(-c2cc(-c3ccon3)n(Cc3ccccc3F)n2)ncc1F. The molecule has 0 unspecified atom stereocenters. The topological polar surface area (TPSA) is 102 Å². The summed E-state index contributed by atoms with van der Waals surface area (Å²) in [6.07, 6.45) is 2.93. The summed E-state index contributed by atoms with van der Waals surface area (Å²) in [5, 5.41) is 20.1. The molecule has 0 spiro atoms. The van der Waals surface area contributed by atoms with E-state index in [-0.39, 0.29) is 30.6 Å². The van der Waals surface area contributed by atoms with E-state index in [0.29, 0.717) is 35.6 Å². The van der Waals surface area contributed by atoms with Gasteiger partial charge in [-0.15, -0.1) is 0 Å². The molecule has 0 fully saturated rings. The zero-order valence-corrected chi connectivity index (χ0v) is 15.8. The Balaban J connectivity index is 1.71. The molecule has 0 atom stereocenters. The molecule has 0 radical (unpaired) electrons. The molecular weight excluding hydrogens is 394 g/mol. The normalized spacial score (nSPS) is 11.0. The number of nitrogens with one attached hydrogen (secondary N) is 1. The molecule has 1 aromatic carbocycles. The number of nitrogens with zero attached hydrogens (tertiary/aromatic N) is 5.